The van der Waals surface area contributed by atoms with Crippen molar-refractivity contribution in [1.82, 2.24) is 24.7 Å². The Bertz CT molecular complexity index is 950. The molecule has 0 fully saturated rings. The maximum atomic E-state index is 9.48. The van der Waals surface area contributed by atoms with Crippen molar-refractivity contribution in [3.63, 3.8) is 0 Å². The fourth-order valence-electron chi connectivity index (χ4n) is 2.15. The molecule has 2 heterocycles. The van der Waals surface area contributed by atoms with E-state index >= 15 is 0 Å². The Morgan fingerprint density at radius 3 is 2.64 bits per heavy atom. The lowest BCUT2D eigenvalue weighted by atomic mass is 10.2. The minimum absolute atomic E-state index is 0.0647. The van der Waals surface area contributed by atoms with Gasteiger partial charge in [-0.3, -0.25) is 0 Å². The summed E-state index contributed by atoms with van der Waals surface area (Å²) in [6.07, 6.45) is 5.16. The third-order valence-electron chi connectivity index (χ3n) is 3.34. The Labute approximate surface area is 144 Å². The summed E-state index contributed by atoms with van der Waals surface area (Å²) in [5.41, 5.74) is 7.69. The molecular formula is C17H16N8. The largest absolute Gasteiger partial charge is 0.368 e. The smallest absolute Gasteiger partial charge is 0.230 e. The van der Waals surface area contributed by atoms with E-state index in [1.807, 2.05) is 36.5 Å². The van der Waals surface area contributed by atoms with Gasteiger partial charge in [-0.15, -0.1) is 0 Å². The van der Waals surface area contributed by atoms with E-state index < -0.39 is 0 Å². The molecule has 3 aromatic rings. The van der Waals surface area contributed by atoms with E-state index in [1.165, 1.54) is 0 Å². The van der Waals surface area contributed by atoms with Crippen molar-refractivity contribution < 1.29 is 0 Å². The molecule has 0 saturated heterocycles. The predicted molar refractivity (Wildman–Crippen MR) is 95.6 cm³/mol. The molecule has 8 heteroatoms. The fraction of sp³-hybridized carbons (Fsp3) is 0.118. The summed E-state index contributed by atoms with van der Waals surface area (Å²) >= 11 is 0. The van der Waals surface area contributed by atoms with Crippen molar-refractivity contribution in [3.05, 3.63) is 54.1 Å². The number of rotatable bonds is 4. The van der Waals surface area contributed by atoms with Crippen molar-refractivity contribution in [2.75, 3.05) is 24.7 Å². The molecule has 0 saturated carbocycles. The van der Waals surface area contributed by atoms with Gasteiger partial charge in [0, 0.05) is 25.9 Å². The third kappa shape index (κ3) is 3.61. The molecule has 0 unspecified atom stereocenters. The van der Waals surface area contributed by atoms with Gasteiger partial charge in [0.2, 0.25) is 11.9 Å². The number of aromatic nitrogens is 5. The van der Waals surface area contributed by atoms with Gasteiger partial charge in [0.15, 0.2) is 5.82 Å². The zero-order valence-corrected chi connectivity index (χ0v) is 13.8. The number of nitriles is 1. The first-order valence-electron chi connectivity index (χ1n) is 7.48. The molecule has 2 aromatic heterocycles. The number of nitrogens with two attached hydrogens (primary N) is 1. The molecule has 0 aliphatic carbocycles. The number of hydrogen-bond acceptors (Lipinski definition) is 7. The van der Waals surface area contributed by atoms with E-state index in [0.29, 0.717) is 5.95 Å². The summed E-state index contributed by atoms with van der Waals surface area (Å²) in [4.78, 5) is 14.1. The molecule has 0 spiro atoms. The molecule has 0 bridgehead atoms. The molecule has 124 valence electrons. The maximum Gasteiger partial charge on any atom is 0.230 e. The Morgan fingerprint density at radius 1 is 1.20 bits per heavy atom. The highest BCUT2D eigenvalue weighted by atomic mass is 15.3. The summed E-state index contributed by atoms with van der Waals surface area (Å²) in [6, 6.07) is 11.8. The van der Waals surface area contributed by atoms with Gasteiger partial charge in [-0.05, 0) is 18.2 Å². The van der Waals surface area contributed by atoms with Crippen molar-refractivity contribution in [2.24, 2.45) is 0 Å². The minimum Gasteiger partial charge on any atom is -0.368 e. The quantitative estimate of drug-likeness (QED) is 0.725. The predicted octanol–water partition coefficient (Wildman–Crippen LogP) is 1.77. The van der Waals surface area contributed by atoms with Crippen LogP contribution in [-0.2, 0) is 0 Å². The Hall–Kier alpha value is -3.73. The monoisotopic (exact) mass is 332 g/mol. The SMILES string of the molecule is CN(C)c1nc(N)nc(C(C#N)=Cc2cnn(-c3ccccc3)c2)n1. The third-order valence-corrected chi connectivity index (χ3v) is 3.34. The van der Waals surface area contributed by atoms with Gasteiger partial charge in [0.1, 0.15) is 6.07 Å². The number of nitrogen functional groups attached to an aromatic ring is 1. The van der Waals surface area contributed by atoms with Crippen molar-refractivity contribution in [2.45, 2.75) is 0 Å². The highest BCUT2D eigenvalue weighted by molar-refractivity contribution is 5.87. The average molecular weight is 332 g/mol. The summed E-state index contributed by atoms with van der Waals surface area (Å²) < 4.78 is 1.73. The Morgan fingerprint density at radius 2 is 1.96 bits per heavy atom. The molecule has 3 rings (SSSR count). The van der Waals surface area contributed by atoms with Gasteiger partial charge in [-0.1, -0.05) is 18.2 Å². The first-order chi connectivity index (χ1) is 12.1. The molecular weight excluding hydrogens is 316 g/mol. The van der Waals surface area contributed by atoms with Crippen molar-refractivity contribution in [3.8, 4) is 11.8 Å². The number of allylic oxidation sites excluding steroid dienone is 1. The lowest BCUT2D eigenvalue weighted by Gasteiger charge is -2.10. The highest BCUT2D eigenvalue weighted by Crippen LogP contribution is 2.17. The summed E-state index contributed by atoms with van der Waals surface area (Å²) in [6.45, 7) is 0. The average Bonchev–Trinajstić information content (AvgIpc) is 3.08. The molecule has 8 nitrogen and oxygen atoms in total. The van der Waals surface area contributed by atoms with Crippen LogP contribution in [0, 0.1) is 11.3 Å². The summed E-state index contributed by atoms with van der Waals surface area (Å²) in [5, 5.41) is 13.8. The second kappa shape index (κ2) is 6.80. The van der Waals surface area contributed by atoms with Gasteiger partial charge >= 0.3 is 0 Å². The van der Waals surface area contributed by atoms with Crippen LogP contribution >= 0.6 is 0 Å². The normalized spacial score (nSPS) is 11.2. The first kappa shape index (κ1) is 16.1. The lowest BCUT2D eigenvalue weighted by Crippen LogP contribution is -2.15. The van der Waals surface area contributed by atoms with Gasteiger partial charge in [0.25, 0.3) is 0 Å². The number of para-hydroxylation sites is 1. The number of nitrogens with zero attached hydrogens (tertiary/aromatic N) is 7. The summed E-state index contributed by atoms with van der Waals surface area (Å²) in [5.74, 6) is 0.685. The molecule has 25 heavy (non-hydrogen) atoms. The van der Waals surface area contributed by atoms with Crippen molar-refractivity contribution in [1.29, 1.82) is 5.26 Å². The molecule has 0 aliphatic rings. The molecule has 0 atom stereocenters. The van der Waals surface area contributed by atoms with Gasteiger partial charge in [-0.25, -0.2) is 4.68 Å². The lowest BCUT2D eigenvalue weighted by molar-refractivity contribution is 0.880. The van der Waals surface area contributed by atoms with Gasteiger partial charge < -0.3 is 10.6 Å². The second-order valence-corrected chi connectivity index (χ2v) is 5.44. The molecule has 0 amide bonds. The summed E-state index contributed by atoms with van der Waals surface area (Å²) in [7, 11) is 3.58. The van der Waals surface area contributed by atoms with E-state index in [-0.39, 0.29) is 17.3 Å². The molecule has 2 N–H and O–H groups in total. The van der Waals surface area contributed by atoms with Crippen LogP contribution in [0.4, 0.5) is 11.9 Å². The van der Waals surface area contributed by atoms with Crippen LogP contribution in [0.1, 0.15) is 11.4 Å². The maximum absolute atomic E-state index is 9.48. The highest BCUT2D eigenvalue weighted by Gasteiger charge is 2.11. The van der Waals surface area contributed by atoms with E-state index in [2.05, 4.69) is 26.1 Å². The van der Waals surface area contributed by atoms with E-state index in [0.717, 1.165) is 11.3 Å². The van der Waals surface area contributed by atoms with Gasteiger partial charge in [0.05, 0.1) is 17.5 Å². The number of hydrogen-bond donors (Lipinski definition) is 1. The molecule has 0 radical (unpaired) electrons. The van der Waals surface area contributed by atoms with Crippen LogP contribution in [0.25, 0.3) is 17.3 Å². The Kier molecular flexibility index (Phi) is 4.39. The molecule has 0 aliphatic heterocycles. The van der Waals surface area contributed by atoms with Crippen LogP contribution in [0.15, 0.2) is 42.7 Å². The minimum atomic E-state index is 0.0647. The number of anilines is 2. The fourth-order valence-corrected chi connectivity index (χ4v) is 2.15. The van der Waals surface area contributed by atoms with E-state index in [9.17, 15) is 5.26 Å². The Balaban J connectivity index is 1.97. The topological polar surface area (TPSA) is 110 Å². The van der Waals surface area contributed by atoms with Crippen LogP contribution in [-0.4, -0.2) is 38.8 Å². The first-order valence-corrected chi connectivity index (χ1v) is 7.48. The molecule has 1 aromatic carbocycles. The van der Waals surface area contributed by atoms with Crippen molar-refractivity contribution >= 4 is 23.5 Å². The van der Waals surface area contributed by atoms with Gasteiger partial charge in [-0.2, -0.15) is 25.3 Å². The van der Waals surface area contributed by atoms with Crippen LogP contribution < -0.4 is 10.6 Å². The zero-order valence-electron chi connectivity index (χ0n) is 13.8. The van der Waals surface area contributed by atoms with Crippen LogP contribution in [0.3, 0.4) is 0 Å². The standard InChI is InChI=1S/C17H16N8/c1-24(2)17-22-15(21-16(19)23-17)13(9-18)8-12-10-20-25(11-12)14-6-4-3-5-7-14/h3-8,10-11H,1-2H3,(H2,19,21,22,23). The van der Waals surface area contributed by atoms with Crippen LogP contribution in [0.2, 0.25) is 0 Å². The van der Waals surface area contributed by atoms with E-state index in [4.69, 9.17) is 5.73 Å². The zero-order chi connectivity index (χ0) is 17.8. The van der Waals surface area contributed by atoms with Crippen LogP contribution in [0.5, 0.6) is 0 Å². The number of benzene rings is 1. The second-order valence-electron chi connectivity index (χ2n) is 5.44. The van der Waals surface area contributed by atoms with E-state index in [1.54, 1.807) is 35.9 Å².